The quantitative estimate of drug-likeness (QED) is 0.381. The number of carbonyl (C=O) groups excluding carboxylic acids is 1. The van der Waals surface area contributed by atoms with Crippen LogP contribution in [0.1, 0.15) is 5.56 Å². The monoisotopic (exact) mass is 454 g/mol. The second kappa shape index (κ2) is 9.27. The predicted octanol–water partition coefficient (Wildman–Crippen LogP) is 5.68. The van der Waals surface area contributed by atoms with E-state index in [9.17, 15) is 18.0 Å². The van der Waals surface area contributed by atoms with E-state index in [-0.39, 0.29) is 17.3 Å². The van der Waals surface area contributed by atoms with Crippen molar-refractivity contribution in [3.63, 3.8) is 0 Å². The van der Waals surface area contributed by atoms with E-state index in [0.29, 0.717) is 11.0 Å². The maximum atomic E-state index is 12.7. The van der Waals surface area contributed by atoms with Crippen molar-refractivity contribution in [2.75, 3.05) is 11.1 Å². The predicted molar refractivity (Wildman–Crippen MR) is 118 cm³/mol. The number of carbonyl (C=O) groups is 1. The van der Waals surface area contributed by atoms with Gasteiger partial charge in [0.2, 0.25) is 11.1 Å². The summed E-state index contributed by atoms with van der Waals surface area (Å²) in [5.74, 6) is 0.281. The Balaban J connectivity index is 1.47. The molecule has 4 aromatic rings. The first-order chi connectivity index (χ1) is 15.4. The summed E-state index contributed by atoms with van der Waals surface area (Å²) in [5, 5.41) is 7.54. The van der Waals surface area contributed by atoms with Crippen molar-refractivity contribution in [1.29, 1.82) is 0 Å². The van der Waals surface area contributed by atoms with Crippen LogP contribution in [0, 0.1) is 0 Å². The molecular weight excluding hydrogens is 437 g/mol. The minimum absolute atomic E-state index is 0.00799. The molecule has 0 spiro atoms. The van der Waals surface area contributed by atoms with Gasteiger partial charge in [0.25, 0.3) is 0 Å². The first-order valence-electron chi connectivity index (χ1n) is 9.58. The summed E-state index contributed by atoms with van der Waals surface area (Å²) in [7, 11) is 0. The van der Waals surface area contributed by atoms with Crippen LogP contribution in [0.25, 0.3) is 17.1 Å². The summed E-state index contributed by atoms with van der Waals surface area (Å²) in [6.07, 6.45) is -4.42. The molecule has 4 rings (SSSR count). The average molecular weight is 454 g/mol. The number of anilines is 1. The van der Waals surface area contributed by atoms with Crippen LogP contribution in [0.3, 0.4) is 0 Å². The molecule has 1 amide bonds. The van der Waals surface area contributed by atoms with Gasteiger partial charge in [0.15, 0.2) is 5.82 Å². The maximum absolute atomic E-state index is 12.7. The van der Waals surface area contributed by atoms with E-state index in [4.69, 9.17) is 0 Å². The van der Waals surface area contributed by atoms with Crippen LogP contribution < -0.4 is 5.32 Å². The van der Waals surface area contributed by atoms with Crippen LogP contribution in [-0.4, -0.2) is 26.4 Å². The average Bonchev–Trinajstić information content (AvgIpc) is 3.23. The molecule has 9 heteroatoms. The van der Waals surface area contributed by atoms with E-state index in [1.165, 1.54) is 12.1 Å². The number of aromatic nitrogens is 3. The number of nitrogens with zero attached hydrogens (tertiary/aromatic N) is 3. The number of thioether (sulfide) groups is 1. The highest BCUT2D eigenvalue weighted by Crippen LogP contribution is 2.30. The zero-order valence-electron chi connectivity index (χ0n) is 16.6. The van der Waals surface area contributed by atoms with Crippen LogP contribution >= 0.6 is 11.8 Å². The fraction of sp³-hybridized carbons (Fsp3) is 0.0870. The Hall–Kier alpha value is -3.59. The summed E-state index contributed by atoms with van der Waals surface area (Å²) in [5.41, 5.74) is 1.23. The molecule has 3 aromatic carbocycles. The van der Waals surface area contributed by atoms with E-state index in [1.807, 2.05) is 60.7 Å². The molecule has 0 aliphatic heterocycles. The number of nitrogens with one attached hydrogen (secondary N) is 1. The number of alkyl halides is 3. The SMILES string of the molecule is O=C(CSc1nc(-c2ccccc2)n(-c2ccccc2)n1)Nc1ccc(C(F)(F)F)cc1. The van der Waals surface area contributed by atoms with Crippen molar-refractivity contribution in [1.82, 2.24) is 14.8 Å². The summed E-state index contributed by atoms with van der Waals surface area (Å²) in [4.78, 5) is 16.9. The number of halogens is 3. The fourth-order valence-corrected chi connectivity index (χ4v) is 3.57. The van der Waals surface area contributed by atoms with Gasteiger partial charge in [-0.3, -0.25) is 4.79 Å². The first-order valence-corrected chi connectivity index (χ1v) is 10.6. The van der Waals surface area contributed by atoms with Crippen molar-refractivity contribution >= 4 is 23.4 Å². The van der Waals surface area contributed by atoms with Crippen molar-refractivity contribution in [3.05, 3.63) is 90.5 Å². The van der Waals surface area contributed by atoms with Gasteiger partial charge < -0.3 is 5.32 Å². The zero-order valence-corrected chi connectivity index (χ0v) is 17.4. The van der Waals surface area contributed by atoms with Crippen LogP contribution in [0.4, 0.5) is 18.9 Å². The topological polar surface area (TPSA) is 59.8 Å². The minimum Gasteiger partial charge on any atom is -0.325 e. The van der Waals surface area contributed by atoms with Gasteiger partial charge in [0.05, 0.1) is 17.0 Å². The number of hydrogen-bond acceptors (Lipinski definition) is 4. The van der Waals surface area contributed by atoms with Crippen molar-refractivity contribution in [2.24, 2.45) is 0 Å². The highest BCUT2D eigenvalue weighted by atomic mass is 32.2. The molecule has 0 atom stereocenters. The molecule has 0 radical (unpaired) electrons. The Labute approximate surface area is 186 Å². The molecule has 0 fully saturated rings. The second-order valence-electron chi connectivity index (χ2n) is 6.74. The van der Waals surface area contributed by atoms with Gasteiger partial charge >= 0.3 is 6.18 Å². The van der Waals surface area contributed by atoms with E-state index in [2.05, 4.69) is 15.4 Å². The van der Waals surface area contributed by atoms with Gasteiger partial charge in [-0.05, 0) is 36.4 Å². The Morgan fingerprint density at radius 2 is 1.53 bits per heavy atom. The molecule has 1 heterocycles. The summed E-state index contributed by atoms with van der Waals surface area (Å²) >= 11 is 1.14. The number of benzene rings is 3. The third kappa shape index (κ3) is 5.17. The number of amides is 1. The van der Waals surface area contributed by atoms with Gasteiger partial charge in [-0.1, -0.05) is 60.3 Å². The Bertz CT molecular complexity index is 1140. The van der Waals surface area contributed by atoms with Crippen LogP contribution in [0.5, 0.6) is 0 Å². The minimum atomic E-state index is -4.42. The molecule has 0 unspecified atom stereocenters. The largest absolute Gasteiger partial charge is 0.416 e. The van der Waals surface area contributed by atoms with Gasteiger partial charge in [-0.2, -0.15) is 13.2 Å². The van der Waals surface area contributed by atoms with Crippen LogP contribution in [0.2, 0.25) is 0 Å². The second-order valence-corrected chi connectivity index (χ2v) is 7.69. The smallest absolute Gasteiger partial charge is 0.325 e. The lowest BCUT2D eigenvalue weighted by atomic mass is 10.2. The molecule has 0 aliphatic carbocycles. The Morgan fingerprint density at radius 3 is 2.16 bits per heavy atom. The highest BCUT2D eigenvalue weighted by molar-refractivity contribution is 7.99. The van der Waals surface area contributed by atoms with Gasteiger partial charge in [-0.15, -0.1) is 5.10 Å². The Morgan fingerprint density at radius 1 is 0.906 bits per heavy atom. The number of hydrogen-bond donors (Lipinski definition) is 1. The molecule has 1 N–H and O–H groups in total. The lowest BCUT2D eigenvalue weighted by Gasteiger charge is -2.08. The van der Waals surface area contributed by atoms with E-state index < -0.39 is 11.7 Å². The van der Waals surface area contributed by atoms with Crippen LogP contribution in [0.15, 0.2) is 90.1 Å². The lowest BCUT2D eigenvalue weighted by Crippen LogP contribution is -2.14. The number of rotatable bonds is 6. The van der Waals surface area contributed by atoms with Crippen molar-refractivity contribution < 1.29 is 18.0 Å². The summed E-state index contributed by atoms with van der Waals surface area (Å²) < 4.78 is 39.7. The summed E-state index contributed by atoms with van der Waals surface area (Å²) in [6.45, 7) is 0. The third-order valence-corrected chi connectivity index (χ3v) is 5.29. The molecule has 162 valence electrons. The normalized spacial score (nSPS) is 11.3. The molecular formula is C23H17F3N4OS. The van der Waals surface area contributed by atoms with Gasteiger partial charge in [0.1, 0.15) is 0 Å². The summed E-state index contributed by atoms with van der Waals surface area (Å²) in [6, 6.07) is 23.4. The molecule has 32 heavy (non-hydrogen) atoms. The van der Waals surface area contributed by atoms with E-state index in [1.54, 1.807) is 4.68 Å². The number of para-hydroxylation sites is 1. The molecule has 1 aromatic heterocycles. The lowest BCUT2D eigenvalue weighted by molar-refractivity contribution is -0.137. The molecule has 0 saturated carbocycles. The van der Waals surface area contributed by atoms with Gasteiger partial charge in [0, 0.05) is 11.3 Å². The van der Waals surface area contributed by atoms with E-state index in [0.717, 1.165) is 35.1 Å². The van der Waals surface area contributed by atoms with Gasteiger partial charge in [-0.25, -0.2) is 9.67 Å². The first kappa shape index (κ1) is 21.6. The Kier molecular flexibility index (Phi) is 6.27. The zero-order chi connectivity index (χ0) is 22.6. The van der Waals surface area contributed by atoms with Crippen molar-refractivity contribution in [3.8, 4) is 17.1 Å². The molecule has 0 saturated heterocycles. The van der Waals surface area contributed by atoms with Crippen LogP contribution in [-0.2, 0) is 11.0 Å². The molecule has 5 nitrogen and oxygen atoms in total. The molecule has 0 bridgehead atoms. The highest BCUT2D eigenvalue weighted by Gasteiger charge is 2.30. The maximum Gasteiger partial charge on any atom is 0.416 e. The molecule has 0 aliphatic rings. The van der Waals surface area contributed by atoms with E-state index >= 15 is 0 Å². The van der Waals surface area contributed by atoms with Crippen molar-refractivity contribution in [2.45, 2.75) is 11.3 Å². The third-order valence-electron chi connectivity index (χ3n) is 4.45. The standard InChI is InChI=1S/C23H17F3N4OS/c24-23(25,26)17-11-13-18(14-12-17)27-20(31)15-32-22-28-21(16-7-3-1-4-8-16)30(29-22)19-9-5-2-6-10-19/h1-14H,15H2,(H,27,31). The fourth-order valence-electron chi connectivity index (χ4n) is 2.95.